The molecule has 160 valence electrons. The van der Waals surface area contributed by atoms with Gasteiger partial charge in [0.2, 0.25) is 0 Å². The van der Waals surface area contributed by atoms with Crippen molar-refractivity contribution in [3.8, 4) is 11.5 Å². The van der Waals surface area contributed by atoms with Crippen LogP contribution in [0.3, 0.4) is 0 Å². The summed E-state index contributed by atoms with van der Waals surface area (Å²) in [5, 5.41) is 4.44. The van der Waals surface area contributed by atoms with Gasteiger partial charge in [-0.2, -0.15) is 0 Å². The summed E-state index contributed by atoms with van der Waals surface area (Å²) in [6.45, 7) is 7.23. The van der Waals surface area contributed by atoms with E-state index in [1.807, 2.05) is 24.3 Å². The molecule has 1 aliphatic rings. The molecule has 1 aliphatic heterocycles. The van der Waals surface area contributed by atoms with E-state index in [0.29, 0.717) is 17.9 Å². The number of nitrogens with one attached hydrogen (secondary N) is 1. The van der Waals surface area contributed by atoms with Crippen LogP contribution in [0.5, 0.6) is 11.5 Å². The molecule has 30 heavy (non-hydrogen) atoms. The van der Waals surface area contributed by atoms with E-state index in [9.17, 15) is 9.59 Å². The zero-order valence-electron chi connectivity index (χ0n) is 16.8. The number of amides is 1. The van der Waals surface area contributed by atoms with Gasteiger partial charge >= 0.3 is 12.1 Å². The van der Waals surface area contributed by atoms with Crippen LogP contribution in [-0.4, -0.2) is 57.7 Å². The zero-order chi connectivity index (χ0) is 21.3. The lowest BCUT2D eigenvalue weighted by atomic mass is 10.1. The van der Waals surface area contributed by atoms with Crippen molar-refractivity contribution in [2.45, 2.75) is 13.0 Å². The first kappa shape index (κ1) is 21.6. The molecule has 2 aromatic carbocycles. The minimum absolute atomic E-state index is 0.132. The fourth-order valence-corrected chi connectivity index (χ4v) is 2.56. The van der Waals surface area contributed by atoms with Crippen molar-refractivity contribution >= 4 is 22.8 Å². The Hall–Kier alpha value is -3.10. The lowest BCUT2D eigenvalue weighted by molar-refractivity contribution is -0.140. The fraction of sp³-hybridized carbons (Fsp3) is 0.364. The second-order valence-corrected chi connectivity index (χ2v) is 6.75. The molecule has 8 heteroatoms. The molecule has 1 fully saturated rings. The second kappa shape index (κ2) is 10.6. The summed E-state index contributed by atoms with van der Waals surface area (Å²) >= 11 is 0. The number of esters is 1. The van der Waals surface area contributed by atoms with E-state index in [4.69, 9.17) is 23.7 Å². The van der Waals surface area contributed by atoms with Crippen molar-refractivity contribution in [3.63, 3.8) is 0 Å². The van der Waals surface area contributed by atoms with Crippen LogP contribution in [-0.2, 0) is 19.0 Å². The third-order valence-corrected chi connectivity index (χ3v) is 4.17. The molecular weight excluding hydrogens is 390 g/mol. The molecule has 2 aromatic rings. The number of epoxide rings is 1. The number of hydrogen-bond acceptors (Lipinski definition) is 7. The van der Waals surface area contributed by atoms with E-state index in [2.05, 4.69) is 11.9 Å². The van der Waals surface area contributed by atoms with E-state index < -0.39 is 12.1 Å². The highest BCUT2D eigenvalue weighted by atomic mass is 16.6. The average molecular weight is 415 g/mol. The Morgan fingerprint density at radius 2 is 2.03 bits per heavy atom. The van der Waals surface area contributed by atoms with Crippen LogP contribution >= 0.6 is 0 Å². The van der Waals surface area contributed by atoms with Crippen LogP contribution in [0.25, 0.3) is 10.8 Å². The quantitative estimate of drug-likeness (QED) is 0.261. The predicted molar refractivity (Wildman–Crippen MR) is 110 cm³/mol. The molecule has 1 atom stereocenters. The Morgan fingerprint density at radius 1 is 1.20 bits per heavy atom. The third-order valence-electron chi connectivity index (χ3n) is 4.17. The molecule has 1 saturated heterocycles. The Kier molecular flexibility index (Phi) is 7.64. The zero-order valence-corrected chi connectivity index (χ0v) is 16.8. The van der Waals surface area contributed by atoms with Crippen LogP contribution in [0.4, 0.5) is 4.79 Å². The summed E-state index contributed by atoms with van der Waals surface area (Å²) in [7, 11) is 0. The van der Waals surface area contributed by atoms with Crippen LogP contribution in [0, 0.1) is 0 Å². The fourth-order valence-electron chi connectivity index (χ4n) is 2.56. The van der Waals surface area contributed by atoms with E-state index in [1.165, 1.54) is 0 Å². The monoisotopic (exact) mass is 415 g/mol. The highest BCUT2D eigenvalue weighted by Gasteiger charge is 2.23. The second-order valence-electron chi connectivity index (χ2n) is 6.75. The van der Waals surface area contributed by atoms with Crippen LogP contribution in [0.2, 0.25) is 0 Å². The molecule has 0 aliphatic carbocycles. The molecule has 8 nitrogen and oxygen atoms in total. The molecule has 0 radical (unpaired) electrons. The van der Waals surface area contributed by atoms with Crippen LogP contribution in [0.1, 0.15) is 6.92 Å². The average Bonchev–Trinajstić information content (AvgIpc) is 3.55. The van der Waals surface area contributed by atoms with Crippen LogP contribution < -0.4 is 14.8 Å². The van der Waals surface area contributed by atoms with Gasteiger partial charge in [-0.1, -0.05) is 18.7 Å². The van der Waals surface area contributed by atoms with Crippen molar-refractivity contribution in [2.75, 3.05) is 39.6 Å². The van der Waals surface area contributed by atoms with Gasteiger partial charge in [0.1, 0.15) is 30.8 Å². The van der Waals surface area contributed by atoms with Gasteiger partial charge in [0.05, 0.1) is 19.8 Å². The first-order chi connectivity index (χ1) is 14.5. The highest BCUT2D eigenvalue weighted by molar-refractivity contribution is 5.90. The molecule has 1 unspecified atom stereocenters. The van der Waals surface area contributed by atoms with Crippen LogP contribution in [0.15, 0.2) is 48.6 Å². The molecule has 1 amide bonds. The van der Waals surface area contributed by atoms with Gasteiger partial charge < -0.3 is 29.0 Å². The lowest BCUT2D eigenvalue weighted by Gasteiger charge is -2.10. The van der Waals surface area contributed by atoms with Gasteiger partial charge in [-0.3, -0.25) is 0 Å². The Labute approximate surface area is 174 Å². The number of hydrogen-bond donors (Lipinski definition) is 1. The number of ether oxygens (including phenoxy) is 5. The Morgan fingerprint density at radius 3 is 2.80 bits per heavy atom. The molecule has 0 aromatic heterocycles. The van der Waals surface area contributed by atoms with Gasteiger partial charge in [0.15, 0.2) is 0 Å². The SMILES string of the molecule is C=C(C)C(=O)OCCOCCNC(=O)Oc1ccc2c(OCC3CO3)cccc2c1. The maximum atomic E-state index is 11.9. The molecule has 0 bridgehead atoms. The number of fused-ring (bicyclic) bond motifs is 1. The molecule has 1 heterocycles. The first-order valence-corrected chi connectivity index (χ1v) is 9.66. The minimum Gasteiger partial charge on any atom is -0.490 e. The van der Waals surface area contributed by atoms with Gasteiger partial charge in [-0.15, -0.1) is 0 Å². The lowest BCUT2D eigenvalue weighted by Crippen LogP contribution is -2.30. The topological polar surface area (TPSA) is 95.6 Å². The summed E-state index contributed by atoms with van der Waals surface area (Å²) in [4.78, 5) is 23.1. The van der Waals surface area contributed by atoms with Crippen molar-refractivity contribution in [3.05, 3.63) is 48.6 Å². The standard InChI is InChI=1S/C22H25NO7/c1-15(2)21(24)27-11-10-26-9-8-23-22(25)30-17-6-7-19-16(12-17)4-3-5-20(19)29-14-18-13-28-18/h3-7,12,18H,1,8-11,13-14H2,2H3,(H,23,25). The van der Waals surface area contributed by atoms with Gasteiger partial charge in [-0.25, -0.2) is 9.59 Å². The third kappa shape index (κ3) is 6.75. The van der Waals surface area contributed by atoms with Gasteiger partial charge in [0, 0.05) is 17.5 Å². The smallest absolute Gasteiger partial charge is 0.412 e. The predicted octanol–water partition coefficient (Wildman–Crippen LogP) is 2.84. The number of carbonyl (C=O) groups excluding carboxylic acids is 2. The van der Waals surface area contributed by atoms with Crippen molar-refractivity contribution in [2.24, 2.45) is 0 Å². The van der Waals surface area contributed by atoms with Crippen molar-refractivity contribution in [1.82, 2.24) is 5.32 Å². The summed E-state index contributed by atoms with van der Waals surface area (Å²) < 4.78 is 26.4. The van der Waals surface area contributed by atoms with Crippen molar-refractivity contribution < 1.29 is 33.3 Å². The maximum Gasteiger partial charge on any atom is 0.412 e. The minimum atomic E-state index is -0.579. The van der Waals surface area contributed by atoms with E-state index in [1.54, 1.807) is 19.1 Å². The summed E-state index contributed by atoms with van der Waals surface area (Å²) in [5.74, 6) is 0.742. The normalized spacial score (nSPS) is 14.8. The molecule has 0 saturated carbocycles. The van der Waals surface area contributed by atoms with E-state index >= 15 is 0 Å². The largest absolute Gasteiger partial charge is 0.490 e. The van der Waals surface area contributed by atoms with Gasteiger partial charge in [0.25, 0.3) is 0 Å². The van der Waals surface area contributed by atoms with Gasteiger partial charge in [-0.05, 0) is 36.6 Å². The summed E-state index contributed by atoms with van der Waals surface area (Å²) in [6.07, 6.45) is -0.396. The molecule has 0 spiro atoms. The number of benzene rings is 2. The highest BCUT2D eigenvalue weighted by Crippen LogP contribution is 2.29. The Bertz CT molecular complexity index is 907. The molecule has 1 N–H and O–H groups in total. The first-order valence-electron chi connectivity index (χ1n) is 9.66. The summed E-state index contributed by atoms with van der Waals surface area (Å²) in [5.41, 5.74) is 0.338. The van der Waals surface area contributed by atoms with E-state index in [0.717, 1.165) is 23.1 Å². The molecule has 3 rings (SSSR count). The number of carbonyl (C=O) groups is 2. The maximum absolute atomic E-state index is 11.9. The Balaban J connectivity index is 1.38. The number of rotatable bonds is 11. The summed E-state index contributed by atoms with van der Waals surface area (Å²) in [6, 6.07) is 11.1. The molecular formula is C22H25NO7. The van der Waals surface area contributed by atoms with E-state index in [-0.39, 0.29) is 32.5 Å². The van der Waals surface area contributed by atoms with Crippen molar-refractivity contribution in [1.29, 1.82) is 0 Å².